The number of rotatable bonds is 12. The van der Waals surface area contributed by atoms with Gasteiger partial charge in [-0.05, 0) is 57.9 Å². The lowest BCUT2D eigenvalue weighted by atomic mass is 9.97. The number of hydrogen-bond acceptors (Lipinski definition) is 5. The summed E-state index contributed by atoms with van der Waals surface area (Å²) in [7, 11) is 0. The highest BCUT2D eigenvalue weighted by molar-refractivity contribution is 5.98. The van der Waals surface area contributed by atoms with Crippen LogP contribution >= 0.6 is 12.4 Å². The largest absolute Gasteiger partial charge is 0.489 e. The van der Waals surface area contributed by atoms with Crippen molar-refractivity contribution < 1.29 is 19.1 Å². The van der Waals surface area contributed by atoms with Gasteiger partial charge in [-0.15, -0.1) is 12.4 Å². The van der Waals surface area contributed by atoms with Gasteiger partial charge >= 0.3 is 5.97 Å². The second-order valence-corrected chi connectivity index (χ2v) is 8.70. The molecule has 0 aliphatic rings. The van der Waals surface area contributed by atoms with E-state index < -0.39 is 11.5 Å². The first-order chi connectivity index (χ1) is 14.8. The van der Waals surface area contributed by atoms with E-state index in [1.165, 1.54) is 0 Å². The fourth-order valence-corrected chi connectivity index (χ4v) is 2.95. The SMILES string of the molecule is CCCNCC(COc1ccccc1C(=O)CCc1ccccc1)OC(=O)C(C)(C)C.Cl. The molecule has 0 fully saturated rings. The molecular weight excluding hydrogens is 426 g/mol. The number of esters is 1. The first-order valence-electron chi connectivity index (χ1n) is 11.0. The molecule has 1 unspecified atom stereocenters. The summed E-state index contributed by atoms with van der Waals surface area (Å²) in [6.45, 7) is 9.07. The van der Waals surface area contributed by atoms with Crippen LogP contribution in [0.15, 0.2) is 54.6 Å². The van der Waals surface area contributed by atoms with Crippen molar-refractivity contribution in [3.63, 3.8) is 0 Å². The zero-order valence-electron chi connectivity index (χ0n) is 19.6. The molecule has 2 aromatic rings. The highest BCUT2D eigenvalue weighted by atomic mass is 35.5. The van der Waals surface area contributed by atoms with E-state index >= 15 is 0 Å². The number of ether oxygens (including phenoxy) is 2. The number of aryl methyl sites for hydroxylation is 1. The highest BCUT2D eigenvalue weighted by Gasteiger charge is 2.27. The maximum absolute atomic E-state index is 12.8. The van der Waals surface area contributed by atoms with Crippen molar-refractivity contribution in [3.05, 3.63) is 65.7 Å². The lowest BCUT2D eigenvalue weighted by Crippen LogP contribution is -2.38. The topological polar surface area (TPSA) is 64.6 Å². The van der Waals surface area contributed by atoms with Gasteiger partial charge in [0, 0.05) is 13.0 Å². The molecule has 0 amide bonds. The minimum Gasteiger partial charge on any atom is -0.489 e. The molecule has 5 nitrogen and oxygen atoms in total. The van der Waals surface area contributed by atoms with Gasteiger partial charge in [-0.25, -0.2) is 0 Å². The van der Waals surface area contributed by atoms with Crippen molar-refractivity contribution in [2.24, 2.45) is 5.41 Å². The second kappa shape index (κ2) is 13.9. The van der Waals surface area contributed by atoms with E-state index in [1.54, 1.807) is 12.1 Å². The van der Waals surface area contributed by atoms with Crippen molar-refractivity contribution >= 4 is 24.2 Å². The summed E-state index contributed by atoms with van der Waals surface area (Å²) in [4.78, 5) is 25.2. The number of benzene rings is 2. The molecular formula is C26H36ClNO4. The smallest absolute Gasteiger partial charge is 0.311 e. The Labute approximate surface area is 198 Å². The summed E-state index contributed by atoms with van der Waals surface area (Å²) in [6, 6.07) is 17.2. The van der Waals surface area contributed by atoms with E-state index in [0.717, 1.165) is 18.5 Å². The molecule has 0 saturated heterocycles. The molecule has 0 spiro atoms. The Kier molecular flexibility index (Phi) is 12.0. The van der Waals surface area contributed by atoms with Crippen LogP contribution in [0.25, 0.3) is 0 Å². The first-order valence-corrected chi connectivity index (χ1v) is 11.0. The van der Waals surface area contributed by atoms with Crippen LogP contribution in [0.5, 0.6) is 5.75 Å². The molecule has 2 aromatic carbocycles. The zero-order chi connectivity index (χ0) is 22.7. The van der Waals surface area contributed by atoms with Gasteiger partial charge in [0.15, 0.2) is 5.78 Å². The van der Waals surface area contributed by atoms with Gasteiger partial charge in [-0.2, -0.15) is 0 Å². The molecule has 0 radical (unpaired) electrons. The number of nitrogens with one attached hydrogen (secondary N) is 1. The van der Waals surface area contributed by atoms with Gasteiger partial charge in [0.1, 0.15) is 18.5 Å². The number of ketones is 1. The maximum Gasteiger partial charge on any atom is 0.311 e. The Morgan fingerprint density at radius 3 is 2.31 bits per heavy atom. The molecule has 1 atom stereocenters. The molecule has 0 aliphatic heterocycles. The van der Waals surface area contributed by atoms with E-state index in [-0.39, 0.29) is 30.8 Å². The molecule has 0 aromatic heterocycles. The van der Waals surface area contributed by atoms with Gasteiger partial charge in [-0.1, -0.05) is 49.4 Å². The molecule has 1 N–H and O–H groups in total. The Morgan fingerprint density at radius 2 is 1.66 bits per heavy atom. The summed E-state index contributed by atoms with van der Waals surface area (Å²) in [5.74, 6) is 0.284. The van der Waals surface area contributed by atoms with Gasteiger partial charge in [0.25, 0.3) is 0 Å². The van der Waals surface area contributed by atoms with Crippen LogP contribution in [-0.4, -0.2) is 37.6 Å². The normalized spacial score (nSPS) is 11.9. The van der Waals surface area contributed by atoms with E-state index in [4.69, 9.17) is 9.47 Å². The first kappa shape index (κ1) is 27.7. The van der Waals surface area contributed by atoms with E-state index in [9.17, 15) is 9.59 Å². The number of hydrogen-bond donors (Lipinski definition) is 1. The number of carbonyl (C=O) groups is 2. The van der Waals surface area contributed by atoms with Crippen molar-refractivity contribution in [1.29, 1.82) is 0 Å². The average molecular weight is 462 g/mol. The predicted octanol–water partition coefficient (Wildman–Crippen LogP) is 5.26. The molecule has 0 heterocycles. The number of halogens is 1. The van der Waals surface area contributed by atoms with Crippen LogP contribution < -0.4 is 10.1 Å². The highest BCUT2D eigenvalue weighted by Crippen LogP contribution is 2.22. The van der Waals surface area contributed by atoms with E-state index in [1.807, 2.05) is 63.2 Å². The number of carbonyl (C=O) groups excluding carboxylic acids is 2. The minimum atomic E-state index is -0.589. The van der Waals surface area contributed by atoms with Crippen LogP contribution in [0.2, 0.25) is 0 Å². The van der Waals surface area contributed by atoms with Crippen LogP contribution in [-0.2, 0) is 16.0 Å². The Balaban J connectivity index is 0.00000512. The Morgan fingerprint density at radius 1 is 1.00 bits per heavy atom. The zero-order valence-corrected chi connectivity index (χ0v) is 20.4. The molecule has 0 aliphatic carbocycles. The van der Waals surface area contributed by atoms with Gasteiger partial charge in [0.05, 0.1) is 11.0 Å². The van der Waals surface area contributed by atoms with Gasteiger partial charge in [0.2, 0.25) is 0 Å². The minimum absolute atomic E-state index is 0. The van der Waals surface area contributed by atoms with Crippen molar-refractivity contribution in [3.8, 4) is 5.75 Å². The predicted molar refractivity (Wildman–Crippen MR) is 131 cm³/mol. The third-order valence-electron chi connectivity index (χ3n) is 4.78. The van der Waals surface area contributed by atoms with Crippen molar-refractivity contribution in [2.45, 2.75) is 53.1 Å². The molecule has 6 heteroatoms. The maximum atomic E-state index is 12.8. The summed E-state index contributed by atoms with van der Waals surface area (Å²) < 4.78 is 11.7. The molecule has 2 rings (SSSR count). The molecule has 0 bridgehead atoms. The van der Waals surface area contributed by atoms with Gasteiger partial charge in [-0.3, -0.25) is 9.59 Å². The number of para-hydroxylation sites is 1. The summed E-state index contributed by atoms with van der Waals surface area (Å²) in [5.41, 5.74) is 1.10. The number of Topliss-reactive ketones (excluding diaryl/α,β-unsaturated/α-hetero) is 1. The van der Waals surface area contributed by atoms with Crippen LogP contribution in [0.3, 0.4) is 0 Å². The monoisotopic (exact) mass is 461 g/mol. The van der Waals surface area contributed by atoms with Crippen LogP contribution in [0.1, 0.15) is 56.5 Å². The Hall–Kier alpha value is -2.37. The van der Waals surface area contributed by atoms with Crippen LogP contribution in [0, 0.1) is 5.41 Å². The fourth-order valence-electron chi connectivity index (χ4n) is 2.95. The molecule has 32 heavy (non-hydrogen) atoms. The summed E-state index contributed by atoms with van der Waals surface area (Å²) in [6.07, 6.45) is 1.64. The summed E-state index contributed by atoms with van der Waals surface area (Å²) in [5, 5.41) is 3.28. The third kappa shape index (κ3) is 9.41. The molecule has 0 saturated carbocycles. The Bertz CT molecular complexity index is 833. The third-order valence-corrected chi connectivity index (χ3v) is 4.78. The quantitative estimate of drug-likeness (QED) is 0.265. The fraction of sp³-hybridized carbons (Fsp3) is 0.462. The van der Waals surface area contributed by atoms with Gasteiger partial charge < -0.3 is 14.8 Å². The molecule has 176 valence electrons. The van der Waals surface area contributed by atoms with E-state index in [0.29, 0.717) is 30.7 Å². The van der Waals surface area contributed by atoms with E-state index in [2.05, 4.69) is 12.2 Å². The average Bonchev–Trinajstić information content (AvgIpc) is 2.76. The lowest BCUT2D eigenvalue weighted by Gasteiger charge is -2.24. The lowest BCUT2D eigenvalue weighted by molar-refractivity contribution is -0.159. The summed E-state index contributed by atoms with van der Waals surface area (Å²) >= 11 is 0. The second-order valence-electron chi connectivity index (χ2n) is 8.70. The van der Waals surface area contributed by atoms with Crippen LogP contribution in [0.4, 0.5) is 0 Å². The van der Waals surface area contributed by atoms with Crippen molar-refractivity contribution in [2.75, 3.05) is 19.7 Å². The van der Waals surface area contributed by atoms with Crippen molar-refractivity contribution in [1.82, 2.24) is 5.32 Å². The standard InChI is InChI=1S/C26H35NO4.ClH/c1-5-17-27-18-21(31-25(29)26(2,3)4)19-30-24-14-10-9-13-22(24)23(28)16-15-20-11-7-6-8-12-20;/h6-14,21,27H,5,15-19H2,1-4H3;1H.